The first-order chi connectivity index (χ1) is 14.0. The minimum Gasteiger partial charge on any atom is -0.346 e. The first-order valence-corrected chi connectivity index (χ1v) is 12.0. The molecule has 0 bridgehead atoms. The number of halogens is 1. The van der Waals surface area contributed by atoms with Crippen LogP contribution in [0.1, 0.15) is 32.3 Å². The summed E-state index contributed by atoms with van der Waals surface area (Å²) < 4.78 is 4.40. The Morgan fingerprint density at radius 1 is 0.967 bits per heavy atom. The monoisotopic (exact) mass is 441 g/mol. The van der Waals surface area contributed by atoms with E-state index >= 15 is 0 Å². The zero-order chi connectivity index (χ0) is 20.2. The highest BCUT2D eigenvalue weighted by atomic mass is 35.5. The van der Waals surface area contributed by atoms with E-state index in [0.717, 1.165) is 36.9 Å². The van der Waals surface area contributed by atoms with Crippen molar-refractivity contribution in [1.82, 2.24) is 4.67 Å². The maximum absolute atomic E-state index is 9.92. The van der Waals surface area contributed by atoms with Crippen LogP contribution in [-0.4, -0.2) is 31.0 Å². The van der Waals surface area contributed by atoms with Gasteiger partial charge in [-0.25, -0.2) is 9.45 Å². The van der Waals surface area contributed by atoms with E-state index in [4.69, 9.17) is 5.10 Å². The van der Waals surface area contributed by atoms with Crippen molar-refractivity contribution < 1.29 is 0 Å². The molecule has 1 saturated heterocycles. The number of hydrazone groups is 1. The van der Waals surface area contributed by atoms with Gasteiger partial charge in [-0.05, 0) is 36.6 Å². The molecule has 5 nitrogen and oxygen atoms in total. The number of para-hydroxylation sites is 2. The quantitative estimate of drug-likeness (QED) is 0.559. The lowest BCUT2D eigenvalue weighted by Gasteiger charge is -2.38. The van der Waals surface area contributed by atoms with Gasteiger partial charge in [0.25, 0.3) is 0 Å². The van der Waals surface area contributed by atoms with Crippen molar-refractivity contribution >= 4 is 37.4 Å². The summed E-state index contributed by atoms with van der Waals surface area (Å²) in [6.45, 7) is 6.51. The molecule has 158 valence electrons. The summed E-state index contributed by atoms with van der Waals surface area (Å²) in [5, 5.41) is 15.8. The maximum Gasteiger partial charge on any atom is 0.172 e. The Bertz CT molecular complexity index is 1060. The summed E-state index contributed by atoms with van der Waals surface area (Å²) in [5.41, 5.74) is 4.62. The zero-order valence-electron chi connectivity index (χ0n) is 17.7. The van der Waals surface area contributed by atoms with Crippen LogP contribution >= 0.6 is 19.8 Å². The lowest BCUT2D eigenvalue weighted by atomic mass is 9.84. The van der Waals surface area contributed by atoms with Crippen molar-refractivity contribution in [3.8, 4) is 0 Å². The topological polar surface area (TPSA) is 45.9 Å². The molecule has 0 spiro atoms. The van der Waals surface area contributed by atoms with E-state index in [2.05, 4.69) is 66.9 Å². The van der Waals surface area contributed by atoms with Crippen LogP contribution in [-0.2, 0) is 5.41 Å². The number of hydrogen-bond acceptors (Lipinski definition) is 3. The van der Waals surface area contributed by atoms with E-state index in [1.807, 2.05) is 29.2 Å². The van der Waals surface area contributed by atoms with Gasteiger partial charge in [-0.1, -0.05) is 50.2 Å². The van der Waals surface area contributed by atoms with Crippen LogP contribution < -0.4 is 9.68 Å². The number of allylic oxidation sites excluding steroid dienone is 2. The van der Waals surface area contributed by atoms with Gasteiger partial charge in [0.2, 0.25) is 0 Å². The van der Waals surface area contributed by atoms with Crippen LogP contribution in [0.25, 0.3) is 0 Å². The second-order valence-electron chi connectivity index (χ2n) is 8.57. The fourth-order valence-electron chi connectivity index (χ4n) is 5.09. The lowest BCUT2D eigenvalue weighted by molar-refractivity contribution is 0.556. The van der Waals surface area contributed by atoms with Gasteiger partial charge >= 0.3 is 0 Å². The number of fused-ring (bicyclic) bond motifs is 1. The molecular weight excluding hydrogens is 413 g/mol. The van der Waals surface area contributed by atoms with Gasteiger partial charge < -0.3 is 4.90 Å². The predicted octanol–water partition coefficient (Wildman–Crippen LogP) is 6.26. The van der Waals surface area contributed by atoms with Gasteiger partial charge in [0.15, 0.2) is 7.36 Å². The van der Waals surface area contributed by atoms with Crippen LogP contribution in [0.2, 0.25) is 0 Å². The third kappa shape index (κ3) is 2.87. The second-order valence-corrected chi connectivity index (χ2v) is 11.2. The van der Waals surface area contributed by atoms with E-state index in [1.54, 1.807) is 0 Å². The Morgan fingerprint density at radius 3 is 2.27 bits per heavy atom. The molecule has 3 aliphatic heterocycles. The lowest BCUT2D eigenvalue weighted by Crippen LogP contribution is -2.29. The fraction of sp³-hybridized carbons (Fsp3) is 0.348. The first kappa shape index (κ1) is 21.2. The Kier molecular flexibility index (Phi) is 5.34. The molecule has 3 heterocycles. The third-order valence-corrected chi connectivity index (χ3v) is 9.59. The molecule has 1 atom stereocenters. The second kappa shape index (κ2) is 7.56. The molecule has 30 heavy (non-hydrogen) atoms. The summed E-state index contributed by atoms with van der Waals surface area (Å²) in [5.74, 6) is 0. The molecule has 3 aliphatic rings. The number of rotatable bonds is 2. The van der Waals surface area contributed by atoms with Crippen LogP contribution in [0.3, 0.4) is 0 Å². The molecule has 0 amide bonds. The van der Waals surface area contributed by atoms with E-state index in [0.29, 0.717) is 0 Å². The molecule has 1 N–H and O–H groups in total. The third-order valence-electron chi connectivity index (χ3n) is 6.49. The highest BCUT2D eigenvalue weighted by Gasteiger charge is 2.48. The Hall–Kier alpha value is -2.07. The number of hydrogen-bond donors (Lipinski definition) is 1. The summed E-state index contributed by atoms with van der Waals surface area (Å²) in [6, 6.07) is 18.9. The average Bonchev–Trinajstić information content (AvgIpc) is 3.42. The smallest absolute Gasteiger partial charge is 0.172 e. The Balaban J connectivity index is 0.00000218. The van der Waals surface area contributed by atoms with Gasteiger partial charge in [-0.15, -0.1) is 12.4 Å². The van der Waals surface area contributed by atoms with Crippen LogP contribution in [0, 0.1) is 5.16 Å². The molecular formula is C23H29ClN5P. The van der Waals surface area contributed by atoms with E-state index < -0.39 is 7.36 Å². The highest BCUT2D eigenvalue weighted by Crippen LogP contribution is 2.68. The molecule has 5 rings (SSSR count). The van der Waals surface area contributed by atoms with Gasteiger partial charge in [0.1, 0.15) is 0 Å². The van der Waals surface area contributed by atoms with Crippen LogP contribution in [0.4, 0.5) is 11.4 Å². The van der Waals surface area contributed by atoms with Gasteiger partial charge in [-0.3, -0.25) is 5.16 Å². The molecule has 7 heteroatoms. The van der Waals surface area contributed by atoms with Crippen molar-refractivity contribution in [1.29, 1.82) is 5.16 Å². The molecule has 0 radical (unpaired) electrons. The highest BCUT2D eigenvalue weighted by molar-refractivity contribution is 7.70. The van der Waals surface area contributed by atoms with Crippen molar-refractivity contribution in [2.45, 2.75) is 32.1 Å². The summed E-state index contributed by atoms with van der Waals surface area (Å²) in [7, 11) is -0.430. The van der Waals surface area contributed by atoms with Crippen LogP contribution in [0.5, 0.6) is 0 Å². The van der Waals surface area contributed by atoms with Crippen LogP contribution in [0.15, 0.2) is 70.7 Å². The summed E-state index contributed by atoms with van der Waals surface area (Å²) in [4.78, 5) is 2.30. The molecule has 1 unspecified atom stereocenters. The number of nitrogens with one attached hydrogen (secondary N) is 1. The van der Waals surface area contributed by atoms with E-state index in [9.17, 15) is 5.16 Å². The molecule has 2 aromatic carbocycles. The number of benzene rings is 2. The SMILES string of the molecule is CN1/C(=C2/C=NN(c3ccccc3)P2(=N)N2CCCC2)C(C)(C)c2ccccc21.Cl. The molecule has 1 fully saturated rings. The average molecular weight is 442 g/mol. The fourth-order valence-corrected chi connectivity index (χ4v) is 8.30. The summed E-state index contributed by atoms with van der Waals surface area (Å²) >= 11 is 0. The Labute approximate surface area is 185 Å². The summed E-state index contributed by atoms with van der Waals surface area (Å²) in [6.07, 6.45) is 4.29. The number of anilines is 2. The van der Waals surface area contributed by atoms with Crippen molar-refractivity contribution in [3.05, 3.63) is 71.2 Å². The van der Waals surface area contributed by atoms with Crippen molar-refractivity contribution in [2.75, 3.05) is 29.8 Å². The van der Waals surface area contributed by atoms with E-state index in [-0.39, 0.29) is 17.8 Å². The number of nitrogens with zero attached hydrogens (tertiary/aromatic N) is 4. The molecule has 0 aliphatic carbocycles. The van der Waals surface area contributed by atoms with Crippen molar-refractivity contribution in [2.24, 2.45) is 5.10 Å². The predicted molar refractivity (Wildman–Crippen MR) is 130 cm³/mol. The minimum atomic E-state index is -2.57. The van der Waals surface area contributed by atoms with E-state index in [1.165, 1.54) is 16.9 Å². The van der Waals surface area contributed by atoms with Gasteiger partial charge in [-0.2, -0.15) is 5.10 Å². The largest absolute Gasteiger partial charge is 0.346 e. The number of likely N-dealkylation sites (N-methyl/N-ethyl adjacent to an activating group) is 1. The van der Waals surface area contributed by atoms with Gasteiger partial charge in [0, 0.05) is 36.9 Å². The first-order valence-electron chi connectivity index (χ1n) is 10.3. The zero-order valence-corrected chi connectivity index (χ0v) is 19.5. The maximum atomic E-state index is 9.92. The minimum absolute atomic E-state index is 0. The molecule has 0 saturated carbocycles. The van der Waals surface area contributed by atoms with Gasteiger partial charge in [0.05, 0.1) is 17.2 Å². The standard InChI is InChI=1S/C23H28N5P.ClH/c1-23(2)19-13-7-8-14-20(19)26(3)22(23)21-17-25-28(18-11-5-4-6-12-18)29(21,24)27-15-9-10-16-27;/h4-8,11-14,17,24H,9-10,15-16H2,1-3H3;1H/b22-21-;. The van der Waals surface area contributed by atoms with Crippen molar-refractivity contribution in [3.63, 3.8) is 0 Å². The molecule has 0 aromatic heterocycles. The molecule has 2 aromatic rings. The Morgan fingerprint density at radius 2 is 1.60 bits per heavy atom. The normalized spacial score (nSPS) is 27.4.